The molecule has 152 valence electrons. The molecule has 0 spiro atoms. The number of benzene rings is 2. The van der Waals surface area contributed by atoms with E-state index in [4.69, 9.17) is 4.74 Å². The first-order valence-electron chi connectivity index (χ1n) is 10.1. The second-order valence-electron chi connectivity index (χ2n) is 7.84. The maximum atomic E-state index is 13.8. The van der Waals surface area contributed by atoms with Gasteiger partial charge in [-0.25, -0.2) is 4.39 Å². The summed E-state index contributed by atoms with van der Waals surface area (Å²) in [5.41, 5.74) is 1.51. The van der Waals surface area contributed by atoms with Crippen LogP contribution in [0.15, 0.2) is 42.5 Å². The number of carbonyl (C=O) groups is 2. The summed E-state index contributed by atoms with van der Waals surface area (Å²) in [5, 5.41) is 2.96. The van der Waals surface area contributed by atoms with Crippen LogP contribution in [0.3, 0.4) is 0 Å². The molecule has 4 rings (SSSR count). The lowest BCUT2D eigenvalue weighted by Crippen LogP contribution is -2.39. The first-order chi connectivity index (χ1) is 14.0. The van der Waals surface area contributed by atoms with Gasteiger partial charge in [-0.15, -0.1) is 0 Å². The lowest BCUT2D eigenvalue weighted by Gasteiger charge is -2.25. The molecule has 1 heterocycles. The lowest BCUT2D eigenvalue weighted by molar-refractivity contribution is 0.0690. The fraction of sp³-hybridized carbons (Fsp3) is 0.391. The molecule has 1 saturated carbocycles. The van der Waals surface area contributed by atoms with Crippen LogP contribution in [0.25, 0.3) is 0 Å². The van der Waals surface area contributed by atoms with Crippen LogP contribution in [0.1, 0.15) is 52.0 Å². The summed E-state index contributed by atoms with van der Waals surface area (Å²) in [6.07, 6.45) is 3.86. The molecule has 0 bridgehead atoms. The van der Waals surface area contributed by atoms with Crippen molar-refractivity contribution in [2.45, 2.75) is 44.7 Å². The molecule has 0 radical (unpaired) electrons. The van der Waals surface area contributed by atoms with Crippen molar-refractivity contribution < 1.29 is 18.7 Å². The fourth-order valence-electron chi connectivity index (χ4n) is 3.56. The van der Waals surface area contributed by atoms with E-state index in [1.54, 1.807) is 48.2 Å². The minimum atomic E-state index is -0.367. The number of carbonyl (C=O) groups excluding carboxylic acids is 2. The topological polar surface area (TPSA) is 58.6 Å². The number of hydrogen-bond donors (Lipinski definition) is 1. The van der Waals surface area contributed by atoms with E-state index in [0.717, 1.165) is 25.7 Å². The Morgan fingerprint density at radius 1 is 1.10 bits per heavy atom. The lowest BCUT2D eigenvalue weighted by atomic mass is 10.1. The van der Waals surface area contributed by atoms with E-state index in [2.05, 4.69) is 5.32 Å². The van der Waals surface area contributed by atoms with Crippen LogP contribution in [-0.2, 0) is 0 Å². The first-order valence-corrected chi connectivity index (χ1v) is 10.1. The molecular formula is C23H25FN2O3. The Bertz CT molecular complexity index is 909. The number of nitrogens with one attached hydrogen (secondary N) is 1. The van der Waals surface area contributed by atoms with Crippen LogP contribution in [0.2, 0.25) is 0 Å². The average molecular weight is 396 g/mol. The Labute approximate surface area is 169 Å². The third-order valence-corrected chi connectivity index (χ3v) is 5.53. The van der Waals surface area contributed by atoms with E-state index < -0.39 is 0 Å². The third-order valence-electron chi connectivity index (χ3n) is 5.53. The van der Waals surface area contributed by atoms with Gasteiger partial charge in [0.1, 0.15) is 18.2 Å². The summed E-state index contributed by atoms with van der Waals surface area (Å²) >= 11 is 0. The number of amides is 2. The predicted molar refractivity (Wildman–Crippen MR) is 108 cm³/mol. The van der Waals surface area contributed by atoms with Crippen molar-refractivity contribution in [3.05, 3.63) is 65.0 Å². The summed E-state index contributed by atoms with van der Waals surface area (Å²) < 4.78 is 19.7. The normalized spacial score (nSPS) is 18.6. The van der Waals surface area contributed by atoms with Gasteiger partial charge in [0.2, 0.25) is 0 Å². The molecule has 1 saturated heterocycles. The second-order valence-corrected chi connectivity index (χ2v) is 7.84. The Morgan fingerprint density at radius 3 is 2.52 bits per heavy atom. The second kappa shape index (κ2) is 8.23. The van der Waals surface area contributed by atoms with E-state index in [-0.39, 0.29) is 23.7 Å². The van der Waals surface area contributed by atoms with Crippen molar-refractivity contribution in [2.75, 3.05) is 13.2 Å². The van der Waals surface area contributed by atoms with E-state index >= 15 is 0 Å². The number of hydrogen-bond acceptors (Lipinski definition) is 3. The van der Waals surface area contributed by atoms with Gasteiger partial charge in [0, 0.05) is 23.7 Å². The van der Waals surface area contributed by atoms with E-state index in [9.17, 15) is 14.0 Å². The van der Waals surface area contributed by atoms with Crippen molar-refractivity contribution in [2.24, 2.45) is 0 Å². The molecule has 0 unspecified atom stereocenters. The molecule has 2 aliphatic rings. The van der Waals surface area contributed by atoms with Crippen LogP contribution in [0.5, 0.6) is 5.75 Å². The highest BCUT2D eigenvalue weighted by molar-refractivity contribution is 5.95. The predicted octanol–water partition coefficient (Wildman–Crippen LogP) is 3.71. The van der Waals surface area contributed by atoms with Gasteiger partial charge in [0.25, 0.3) is 11.8 Å². The summed E-state index contributed by atoms with van der Waals surface area (Å²) in [5.74, 6) is 0.0707. The highest BCUT2D eigenvalue weighted by Gasteiger charge is 2.30. The standard InChI is InChI=1S/C23H25FN2O3/c1-15-4-5-17(13-21(15)24)23(28)26-12-2-3-19(26)14-29-20-10-6-16(7-11-20)22(27)25-18-8-9-18/h4-7,10-11,13,18-19H,2-3,8-9,12,14H2,1H3,(H,25,27)/t19-/m0/s1. The molecular weight excluding hydrogens is 371 g/mol. The zero-order valence-electron chi connectivity index (χ0n) is 16.5. The number of aryl methyl sites for hydroxylation is 1. The van der Waals surface area contributed by atoms with Gasteiger partial charge >= 0.3 is 0 Å². The molecule has 1 aliphatic heterocycles. The Balaban J connectivity index is 1.35. The quantitative estimate of drug-likeness (QED) is 0.810. The Morgan fingerprint density at radius 2 is 1.83 bits per heavy atom. The van der Waals surface area contributed by atoms with E-state index in [1.165, 1.54) is 6.07 Å². The minimum absolute atomic E-state index is 0.0512. The van der Waals surface area contributed by atoms with Crippen molar-refractivity contribution >= 4 is 11.8 Å². The monoisotopic (exact) mass is 396 g/mol. The highest BCUT2D eigenvalue weighted by Crippen LogP contribution is 2.23. The molecule has 2 aromatic carbocycles. The Kier molecular flexibility index (Phi) is 5.51. The summed E-state index contributed by atoms with van der Waals surface area (Å²) in [7, 11) is 0. The van der Waals surface area contributed by atoms with E-state index in [0.29, 0.717) is 41.6 Å². The molecule has 1 N–H and O–H groups in total. The summed E-state index contributed by atoms with van der Waals surface area (Å²) in [4.78, 5) is 26.6. The SMILES string of the molecule is Cc1ccc(C(=O)N2CCC[C@H]2COc2ccc(C(=O)NC3CC3)cc2)cc1F. The smallest absolute Gasteiger partial charge is 0.254 e. The number of likely N-dealkylation sites (tertiary alicyclic amines) is 1. The molecule has 6 heteroatoms. The minimum Gasteiger partial charge on any atom is -0.491 e. The van der Waals surface area contributed by atoms with Crippen molar-refractivity contribution in [1.29, 1.82) is 0 Å². The zero-order chi connectivity index (χ0) is 20.4. The summed E-state index contributed by atoms with van der Waals surface area (Å²) in [6.45, 7) is 2.69. The van der Waals surface area contributed by atoms with Gasteiger partial charge < -0.3 is 15.0 Å². The highest BCUT2D eigenvalue weighted by atomic mass is 19.1. The maximum Gasteiger partial charge on any atom is 0.254 e. The zero-order valence-corrected chi connectivity index (χ0v) is 16.5. The van der Waals surface area contributed by atoms with Crippen molar-refractivity contribution in [3.8, 4) is 5.75 Å². The van der Waals surface area contributed by atoms with Gasteiger partial charge in [-0.05, 0) is 74.6 Å². The molecule has 29 heavy (non-hydrogen) atoms. The number of nitrogens with zero attached hydrogens (tertiary/aromatic N) is 1. The molecule has 1 aliphatic carbocycles. The fourth-order valence-corrected chi connectivity index (χ4v) is 3.56. The maximum absolute atomic E-state index is 13.8. The van der Waals surface area contributed by atoms with Gasteiger partial charge in [0.15, 0.2) is 0 Å². The summed E-state index contributed by atoms with van der Waals surface area (Å²) in [6, 6.07) is 11.9. The first kappa shape index (κ1) is 19.4. The van der Waals surface area contributed by atoms with Crippen molar-refractivity contribution in [3.63, 3.8) is 0 Å². The number of halogens is 1. The molecule has 2 aromatic rings. The van der Waals surface area contributed by atoms with E-state index in [1.807, 2.05) is 0 Å². The molecule has 5 nitrogen and oxygen atoms in total. The number of ether oxygens (including phenoxy) is 1. The number of rotatable bonds is 6. The van der Waals surface area contributed by atoms with Gasteiger partial charge in [-0.2, -0.15) is 0 Å². The van der Waals surface area contributed by atoms with Gasteiger partial charge in [-0.3, -0.25) is 9.59 Å². The third kappa shape index (κ3) is 4.58. The molecule has 0 aromatic heterocycles. The average Bonchev–Trinajstić information content (AvgIpc) is 3.41. The van der Waals surface area contributed by atoms with Crippen LogP contribution in [-0.4, -0.2) is 41.9 Å². The molecule has 1 atom stereocenters. The molecule has 2 fully saturated rings. The Hall–Kier alpha value is -2.89. The van der Waals surface area contributed by atoms with Crippen LogP contribution in [0, 0.1) is 12.7 Å². The van der Waals surface area contributed by atoms with Gasteiger partial charge in [0.05, 0.1) is 6.04 Å². The molecule has 2 amide bonds. The van der Waals surface area contributed by atoms with Crippen LogP contribution in [0.4, 0.5) is 4.39 Å². The largest absolute Gasteiger partial charge is 0.491 e. The van der Waals surface area contributed by atoms with Crippen LogP contribution < -0.4 is 10.1 Å². The van der Waals surface area contributed by atoms with Crippen molar-refractivity contribution in [1.82, 2.24) is 10.2 Å². The van der Waals surface area contributed by atoms with Gasteiger partial charge in [-0.1, -0.05) is 6.07 Å². The van der Waals surface area contributed by atoms with Crippen LogP contribution >= 0.6 is 0 Å².